The van der Waals surface area contributed by atoms with Gasteiger partial charge >= 0.3 is 0 Å². The minimum Gasteiger partial charge on any atom is -0.339 e. The molecule has 5 rings (SSSR count). The fourth-order valence-electron chi connectivity index (χ4n) is 4.23. The number of fused-ring (bicyclic) bond motifs is 1. The molecule has 0 aromatic heterocycles. The number of hydrogen-bond acceptors (Lipinski definition) is 4. The summed E-state index contributed by atoms with van der Waals surface area (Å²) >= 11 is 0. The van der Waals surface area contributed by atoms with Crippen molar-refractivity contribution in [2.75, 3.05) is 11.9 Å². The van der Waals surface area contributed by atoms with Crippen LogP contribution < -0.4 is 5.32 Å². The molecule has 1 N–H and O–H groups in total. The van der Waals surface area contributed by atoms with Crippen molar-refractivity contribution in [1.82, 2.24) is 4.90 Å². The van der Waals surface area contributed by atoms with Crippen molar-refractivity contribution in [1.29, 1.82) is 0 Å². The molecule has 1 unspecified atom stereocenters. The van der Waals surface area contributed by atoms with E-state index in [1.165, 1.54) is 0 Å². The van der Waals surface area contributed by atoms with Crippen LogP contribution in [-0.4, -0.2) is 31.6 Å². The highest BCUT2D eigenvalue weighted by molar-refractivity contribution is 7.90. The van der Waals surface area contributed by atoms with Gasteiger partial charge in [-0.05, 0) is 54.8 Å². The molecule has 7 heteroatoms. The summed E-state index contributed by atoms with van der Waals surface area (Å²) in [6, 6.07) is 24.0. The lowest BCUT2D eigenvalue weighted by atomic mass is 10.0. The van der Waals surface area contributed by atoms with Gasteiger partial charge in [0.15, 0.2) is 5.84 Å². The summed E-state index contributed by atoms with van der Waals surface area (Å²) in [5.41, 5.74) is 2.98. The van der Waals surface area contributed by atoms with Crippen LogP contribution in [0, 0.1) is 0 Å². The van der Waals surface area contributed by atoms with Gasteiger partial charge in [0.05, 0.1) is 6.04 Å². The number of hydrogen-bond donors (Lipinski definition) is 1. The van der Waals surface area contributed by atoms with Crippen LogP contribution in [0.1, 0.15) is 40.4 Å². The average Bonchev–Trinajstić information content (AvgIpc) is 3.38. The molecule has 2 aliphatic rings. The summed E-state index contributed by atoms with van der Waals surface area (Å²) in [6.07, 6.45) is 1.95. The fraction of sp³-hybridized carbons (Fsp3) is 0.167. The second-order valence-corrected chi connectivity index (χ2v) is 9.25. The zero-order valence-corrected chi connectivity index (χ0v) is 17.5. The summed E-state index contributed by atoms with van der Waals surface area (Å²) < 4.78 is 28.3. The number of amidine groups is 1. The van der Waals surface area contributed by atoms with Crippen LogP contribution in [0.5, 0.6) is 0 Å². The van der Waals surface area contributed by atoms with E-state index in [2.05, 4.69) is 21.8 Å². The Bertz CT molecular complexity index is 1270. The van der Waals surface area contributed by atoms with Crippen molar-refractivity contribution < 1.29 is 13.2 Å². The zero-order valence-electron chi connectivity index (χ0n) is 16.7. The molecule has 0 aliphatic carbocycles. The first-order chi connectivity index (χ1) is 15.0. The number of amides is 1. The molecule has 0 bridgehead atoms. The van der Waals surface area contributed by atoms with E-state index in [-0.39, 0.29) is 16.8 Å². The van der Waals surface area contributed by atoms with Gasteiger partial charge in [0.25, 0.3) is 15.9 Å². The monoisotopic (exact) mass is 431 g/mol. The van der Waals surface area contributed by atoms with E-state index in [0.29, 0.717) is 22.6 Å². The van der Waals surface area contributed by atoms with Gasteiger partial charge in [-0.15, -0.1) is 4.40 Å². The van der Waals surface area contributed by atoms with E-state index >= 15 is 0 Å². The maximum atomic E-state index is 13.1. The molecule has 1 saturated heterocycles. The van der Waals surface area contributed by atoms with Crippen LogP contribution in [0.15, 0.2) is 88.2 Å². The molecule has 3 aromatic carbocycles. The smallest absolute Gasteiger partial charge is 0.285 e. The van der Waals surface area contributed by atoms with Gasteiger partial charge in [-0.3, -0.25) is 4.79 Å². The fourth-order valence-corrected chi connectivity index (χ4v) is 5.40. The van der Waals surface area contributed by atoms with Crippen LogP contribution >= 0.6 is 0 Å². The van der Waals surface area contributed by atoms with Crippen LogP contribution in [0.4, 0.5) is 5.69 Å². The van der Waals surface area contributed by atoms with Gasteiger partial charge in [-0.1, -0.05) is 42.5 Å². The van der Waals surface area contributed by atoms with Crippen molar-refractivity contribution in [3.63, 3.8) is 0 Å². The van der Waals surface area contributed by atoms with E-state index in [0.717, 1.165) is 24.9 Å². The van der Waals surface area contributed by atoms with Crippen molar-refractivity contribution >= 4 is 27.5 Å². The minimum absolute atomic E-state index is 0.00373. The first-order valence-electron chi connectivity index (χ1n) is 10.2. The molecule has 156 valence electrons. The number of sulfonamides is 1. The number of carbonyl (C=O) groups excluding carboxylic acids is 1. The molecule has 3 aromatic rings. The quantitative estimate of drug-likeness (QED) is 0.673. The topological polar surface area (TPSA) is 78.8 Å². The second kappa shape index (κ2) is 7.67. The van der Waals surface area contributed by atoms with Crippen molar-refractivity contribution in [2.24, 2.45) is 4.40 Å². The Morgan fingerprint density at radius 2 is 1.65 bits per heavy atom. The van der Waals surface area contributed by atoms with E-state index in [1.54, 1.807) is 48.5 Å². The van der Waals surface area contributed by atoms with E-state index < -0.39 is 10.0 Å². The highest BCUT2D eigenvalue weighted by atomic mass is 32.2. The molecule has 2 heterocycles. The molecule has 1 fully saturated rings. The van der Waals surface area contributed by atoms with E-state index in [1.807, 2.05) is 23.1 Å². The lowest BCUT2D eigenvalue weighted by Crippen LogP contribution is -2.30. The number of nitrogens with one attached hydrogen (secondary N) is 1. The Hall–Kier alpha value is -3.45. The van der Waals surface area contributed by atoms with Crippen LogP contribution in [0.3, 0.4) is 0 Å². The Morgan fingerprint density at radius 3 is 2.42 bits per heavy atom. The van der Waals surface area contributed by atoms with E-state index in [4.69, 9.17) is 0 Å². The predicted octanol–water partition coefficient (Wildman–Crippen LogP) is 4.22. The maximum Gasteiger partial charge on any atom is 0.285 e. The maximum absolute atomic E-state index is 13.1. The molecular weight excluding hydrogens is 410 g/mol. The lowest BCUT2D eigenvalue weighted by Gasteiger charge is -2.25. The summed E-state index contributed by atoms with van der Waals surface area (Å²) in [5.74, 6) is 0.294. The Labute approximate surface area is 181 Å². The van der Waals surface area contributed by atoms with Crippen molar-refractivity contribution in [2.45, 2.75) is 23.8 Å². The number of anilines is 1. The first-order valence-corrected chi connectivity index (χ1v) is 11.6. The third-order valence-electron chi connectivity index (χ3n) is 5.72. The summed E-state index contributed by atoms with van der Waals surface area (Å²) in [6.45, 7) is 0.740. The summed E-state index contributed by atoms with van der Waals surface area (Å²) in [7, 11) is -3.68. The number of rotatable bonds is 3. The standard InChI is InChI=1S/C24H21N3O3S/c28-24(27-16-6-10-21(27)17-7-2-1-3-8-17)18-12-14-19(15-13-18)25-23-20-9-4-5-11-22(20)31(29,30)26-23/h1-5,7-9,11-15,21H,6,10,16H2,(H,25,26). The predicted molar refractivity (Wildman–Crippen MR) is 120 cm³/mol. The molecule has 31 heavy (non-hydrogen) atoms. The van der Waals surface area contributed by atoms with Gasteiger partial charge in [0.2, 0.25) is 0 Å². The molecular formula is C24H21N3O3S. The molecule has 1 atom stereocenters. The van der Waals surface area contributed by atoms with Gasteiger partial charge in [-0.2, -0.15) is 8.42 Å². The second-order valence-electron chi connectivity index (χ2n) is 7.68. The largest absolute Gasteiger partial charge is 0.339 e. The van der Waals surface area contributed by atoms with Gasteiger partial charge in [0, 0.05) is 23.4 Å². The van der Waals surface area contributed by atoms with Crippen molar-refractivity contribution in [3.05, 3.63) is 95.6 Å². The highest BCUT2D eigenvalue weighted by Crippen LogP contribution is 2.33. The first kappa shape index (κ1) is 19.5. The summed E-state index contributed by atoms with van der Waals surface area (Å²) in [4.78, 5) is 15.3. The van der Waals surface area contributed by atoms with Crippen LogP contribution in [0.25, 0.3) is 0 Å². The molecule has 0 saturated carbocycles. The van der Waals surface area contributed by atoms with Crippen LogP contribution in [0.2, 0.25) is 0 Å². The van der Waals surface area contributed by atoms with E-state index in [9.17, 15) is 13.2 Å². The lowest BCUT2D eigenvalue weighted by molar-refractivity contribution is 0.0735. The molecule has 6 nitrogen and oxygen atoms in total. The minimum atomic E-state index is -3.68. The zero-order chi connectivity index (χ0) is 21.4. The normalized spacial score (nSPS) is 19.0. The Morgan fingerprint density at radius 1 is 0.935 bits per heavy atom. The molecule has 0 radical (unpaired) electrons. The van der Waals surface area contributed by atoms with Crippen molar-refractivity contribution in [3.8, 4) is 0 Å². The third kappa shape index (κ3) is 3.61. The Kier molecular flexibility index (Phi) is 4.82. The SMILES string of the molecule is O=C(c1ccc(NC2=NS(=O)(=O)c3ccccc32)cc1)N1CCCC1c1ccccc1. The van der Waals surface area contributed by atoms with Gasteiger partial charge in [-0.25, -0.2) is 0 Å². The Balaban J connectivity index is 1.35. The molecule has 1 amide bonds. The number of nitrogens with zero attached hydrogens (tertiary/aromatic N) is 2. The van der Waals surface area contributed by atoms with Gasteiger partial charge in [0.1, 0.15) is 4.90 Å². The molecule has 2 aliphatic heterocycles. The number of carbonyl (C=O) groups is 1. The third-order valence-corrected chi connectivity index (χ3v) is 7.06. The van der Waals surface area contributed by atoms with Crippen LogP contribution in [-0.2, 0) is 10.0 Å². The number of likely N-dealkylation sites (tertiary alicyclic amines) is 1. The van der Waals surface area contributed by atoms with Gasteiger partial charge < -0.3 is 10.2 Å². The highest BCUT2D eigenvalue weighted by Gasteiger charge is 2.31. The summed E-state index contributed by atoms with van der Waals surface area (Å²) in [5, 5.41) is 3.07. The number of benzene rings is 3. The average molecular weight is 432 g/mol. The molecule has 0 spiro atoms.